The van der Waals surface area contributed by atoms with Crippen molar-refractivity contribution in [3.63, 3.8) is 0 Å². The van der Waals surface area contributed by atoms with Crippen LogP contribution in [-0.2, 0) is 11.3 Å². The molecule has 2 aliphatic rings. The van der Waals surface area contributed by atoms with Crippen LogP contribution in [0.5, 0.6) is 5.75 Å². The lowest BCUT2D eigenvalue weighted by atomic mass is 10.1. The van der Waals surface area contributed by atoms with Crippen LogP contribution in [0.2, 0.25) is 10.0 Å². The van der Waals surface area contributed by atoms with Gasteiger partial charge in [-0.25, -0.2) is 10.4 Å². The van der Waals surface area contributed by atoms with Gasteiger partial charge < -0.3 is 19.3 Å². The molecule has 0 spiro atoms. The number of hydrogen-bond donors (Lipinski definition) is 2. The van der Waals surface area contributed by atoms with Gasteiger partial charge in [0.2, 0.25) is 0 Å². The number of allylic oxidation sites excluding steroid dienone is 1. The summed E-state index contributed by atoms with van der Waals surface area (Å²) in [6, 6.07) is 11.8. The smallest absolute Gasteiger partial charge is 0.178 e. The number of nitrogens with one attached hydrogen (secondary N) is 2. The van der Waals surface area contributed by atoms with Gasteiger partial charge in [-0.05, 0) is 36.8 Å². The highest BCUT2D eigenvalue weighted by Crippen LogP contribution is 2.36. The Hall–Kier alpha value is -2.00. The molecule has 4 rings (SSSR count). The highest BCUT2D eigenvalue weighted by Gasteiger charge is 2.31. The second-order valence-electron chi connectivity index (χ2n) is 7.75. The number of anilines is 1. The second-order valence-corrected chi connectivity index (χ2v) is 8.56. The molecule has 2 aliphatic heterocycles. The van der Waals surface area contributed by atoms with Gasteiger partial charge in [0, 0.05) is 38.1 Å². The van der Waals surface area contributed by atoms with E-state index in [4.69, 9.17) is 32.7 Å². The Bertz CT molecular complexity index is 986. The van der Waals surface area contributed by atoms with Crippen molar-refractivity contribution in [2.75, 3.05) is 32.8 Å². The van der Waals surface area contributed by atoms with Crippen molar-refractivity contribution in [1.82, 2.24) is 20.7 Å². The van der Waals surface area contributed by atoms with Gasteiger partial charge in [-0.1, -0.05) is 35.3 Å². The molecule has 0 bridgehead atoms. The predicted molar refractivity (Wildman–Crippen MR) is 124 cm³/mol. The number of methoxy groups -OCH3 is 1. The Morgan fingerprint density at radius 2 is 1.97 bits per heavy atom. The van der Waals surface area contributed by atoms with Crippen molar-refractivity contribution in [1.29, 1.82) is 0 Å². The van der Waals surface area contributed by atoms with Crippen molar-refractivity contribution in [3.8, 4) is 5.75 Å². The van der Waals surface area contributed by atoms with E-state index in [2.05, 4.69) is 52.8 Å². The van der Waals surface area contributed by atoms with Crippen molar-refractivity contribution in [3.05, 3.63) is 69.5 Å². The predicted octanol–water partition coefficient (Wildman–Crippen LogP) is 4.11. The summed E-state index contributed by atoms with van der Waals surface area (Å²) in [5.74, 6) is 0.807. The van der Waals surface area contributed by atoms with Crippen LogP contribution in [0, 0.1) is 0 Å². The summed E-state index contributed by atoms with van der Waals surface area (Å²) in [6.07, 6.45) is 1.53. The first-order valence-electron chi connectivity index (χ1n) is 10.0. The number of rotatable bonds is 6. The van der Waals surface area contributed by atoms with E-state index in [9.17, 15) is 0 Å². The zero-order valence-corrected chi connectivity index (χ0v) is 19.5. The second kappa shape index (κ2) is 9.24. The first-order valence-corrected chi connectivity index (χ1v) is 10.8. The van der Waals surface area contributed by atoms with Crippen LogP contribution in [0.1, 0.15) is 24.3 Å². The van der Waals surface area contributed by atoms with Crippen LogP contribution < -0.4 is 20.4 Å². The fourth-order valence-electron chi connectivity index (χ4n) is 3.70. The van der Waals surface area contributed by atoms with Gasteiger partial charge in [0.25, 0.3) is 0 Å². The van der Waals surface area contributed by atoms with Crippen LogP contribution in [0.15, 0.2) is 48.3 Å². The summed E-state index contributed by atoms with van der Waals surface area (Å²) in [4.78, 5) is 4.37. The van der Waals surface area contributed by atoms with E-state index in [1.807, 2.05) is 30.3 Å². The van der Waals surface area contributed by atoms with E-state index < -0.39 is 0 Å². The Labute approximate surface area is 193 Å². The molecule has 166 valence electrons. The Morgan fingerprint density at radius 3 is 2.65 bits per heavy atom. The maximum absolute atomic E-state index is 6.19. The van der Waals surface area contributed by atoms with E-state index in [-0.39, 0.29) is 12.6 Å². The highest BCUT2D eigenvalue weighted by molar-refractivity contribution is 6.42. The quantitative estimate of drug-likeness (QED) is 0.668. The molecule has 2 aromatic rings. The van der Waals surface area contributed by atoms with Crippen LogP contribution >= 0.6 is 23.2 Å². The first kappa shape index (κ1) is 22.2. The fourth-order valence-corrected chi connectivity index (χ4v) is 4.02. The lowest BCUT2D eigenvalue weighted by molar-refractivity contribution is -0.00736. The van der Waals surface area contributed by atoms with Gasteiger partial charge in [-0.2, -0.15) is 0 Å². The molecular formula is C22H27Cl2N5O2. The largest absolute Gasteiger partial charge is 0.495 e. The number of benzene rings is 2. The molecule has 2 unspecified atom stereocenters. The lowest BCUT2D eigenvalue weighted by Gasteiger charge is -2.23. The Morgan fingerprint density at radius 1 is 1.16 bits per heavy atom. The number of nitrogens with zero attached hydrogens (tertiary/aromatic N) is 3. The molecular weight excluding hydrogens is 437 g/mol. The van der Waals surface area contributed by atoms with E-state index in [0.29, 0.717) is 16.6 Å². The van der Waals surface area contributed by atoms with Crippen molar-refractivity contribution >= 4 is 28.9 Å². The fraction of sp³-hybridized carbons (Fsp3) is 0.364. The third-order valence-electron chi connectivity index (χ3n) is 5.52. The molecule has 7 nitrogen and oxygen atoms in total. The molecule has 0 amide bonds. The molecule has 9 heteroatoms. The van der Waals surface area contributed by atoms with Crippen LogP contribution in [0.25, 0.3) is 0 Å². The Kier molecular flexibility index (Phi) is 6.62. The van der Waals surface area contributed by atoms with E-state index >= 15 is 0 Å². The van der Waals surface area contributed by atoms with Crippen molar-refractivity contribution < 1.29 is 9.47 Å². The molecule has 0 aliphatic carbocycles. The van der Waals surface area contributed by atoms with E-state index in [0.717, 1.165) is 29.2 Å². The van der Waals surface area contributed by atoms with Gasteiger partial charge in [-0.3, -0.25) is 5.32 Å². The SMILES string of the molecule is COc1cc(C2OC(NCc3ccc(Cl)c(Cl)c3)NN2C)ccc1N1C=C(C)N(C)C1. The van der Waals surface area contributed by atoms with Crippen molar-refractivity contribution in [2.45, 2.75) is 26.0 Å². The maximum Gasteiger partial charge on any atom is 0.178 e. The molecule has 0 radical (unpaired) electrons. The molecule has 2 heterocycles. The highest BCUT2D eigenvalue weighted by atomic mass is 35.5. The van der Waals surface area contributed by atoms with Gasteiger partial charge >= 0.3 is 0 Å². The molecule has 0 saturated carbocycles. The molecule has 1 fully saturated rings. The standard InChI is InChI=1S/C22H27Cl2N5O2/c1-14-12-29(13-27(14)2)19-8-6-16(10-20(19)30-4)21-28(3)26-22(31-21)25-11-15-5-7-17(23)18(24)9-15/h5-10,12,21-22,25-26H,11,13H2,1-4H3. The molecule has 2 aromatic carbocycles. The van der Waals surface area contributed by atoms with Gasteiger partial charge in [0.1, 0.15) is 5.75 Å². The third kappa shape index (κ3) is 4.77. The molecule has 31 heavy (non-hydrogen) atoms. The Balaban J connectivity index is 1.44. The minimum Gasteiger partial charge on any atom is -0.495 e. The van der Waals surface area contributed by atoms with Crippen LogP contribution in [0.3, 0.4) is 0 Å². The van der Waals surface area contributed by atoms with E-state index in [1.54, 1.807) is 13.2 Å². The summed E-state index contributed by atoms with van der Waals surface area (Å²) in [5.41, 5.74) is 7.56. The van der Waals surface area contributed by atoms with Gasteiger partial charge in [0.05, 0.1) is 29.5 Å². The molecule has 1 saturated heterocycles. The maximum atomic E-state index is 6.19. The summed E-state index contributed by atoms with van der Waals surface area (Å²) in [6.45, 7) is 3.48. The summed E-state index contributed by atoms with van der Waals surface area (Å²) in [7, 11) is 5.72. The first-order chi connectivity index (χ1) is 14.9. The average molecular weight is 464 g/mol. The molecule has 2 N–H and O–H groups in total. The van der Waals surface area contributed by atoms with Gasteiger partial charge in [-0.15, -0.1) is 0 Å². The molecule has 0 aromatic heterocycles. The minimum absolute atomic E-state index is 0.257. The summed E-state index contributed by atoms with van der Waals surface area (Å²) in [5, 5.41) is 6.36. The van der Waals surface area contributed by atoms with Gasteiger partial charge in [0.15, 0.2) is 12.6 Å². The summed E-state index contributed by atoms with van der Waals surface area (Å²) < 4.78 is 11.9. The zero-order valence-electron chi connectivity index (χ0n) is 18.0. The monoisotopic (exact) mass is 463 g/mol. The lowest BCUT2D eigenvalue weighted by Crippen LogP contribution is -2.42. The van der Waals surface area contributed by atoms with Crippen LogP contribution in [-0.4, -0.2) is 44.1 Å². The third-order valence-corrected chi connectivity index (χ3v) is 6.26. The van der Waals surface area contributed by atoms with E-state index in [1.165, 1.54) is 5.70 Å². The number of halogens is 2. The number of ether oxygens (including phenoxy) is 2. The topological polar surface area (TPSA) is 52.2 Å². The summed E-state index contributed by atoms with van der Waals surface area (Å²) >= 11 is 12.1. The molecule has 2 atom stereocenters. The minimum atomic E-state index is -0.340. The normalized spacial score (nSPS) is 21.7. The number of hydrogen-bond acceptors (Lipinski definition) is 7. The van der Waals surface area contributed by atoms with Crippen molar-refractivity contribution in [2.24, 2.45) is 0 Å². The number of hydrazine groups is 1. The average Bonchev–Trinajstić information content (AvgIpc) is 3.30. The van der Waals surface area contributed by atoms with Crippen LogP contribution in [0.4, 0.5) is 5.69 Å². The zero-order chi connectivity index (χ0) is 22.1.